The fourth-order valence-corrected chi connectivity index (χ4v) is 2.03. The van der Waals surface area contributed by atoms with Crippen molar-refractivity contribution in [2.24, 2.45) is 0 Å². The van der Waals surface area contributed by atoms with Gasteiger partial charge in [0.2, 0.25) is 0 Å². The molecule has 6 nitrogen and oxygen atoms in total. The van der Waals surface area contributed by atoms with Gasteiger partial charge in [0.1, 0.15) is 31.3 Å². The number of carbonyl (C=O) groups is 2. The molecule has 132 valence electrons. The van der Waals surface area contributed by atoms with Crippen LogP contribution in [0.3, 0.4) is 0 Å². The van der Waals surface area contributed by atoms with E-state index in [0.717, 1.165) is 5.75 Å². The zero-order valence-electron chi connectivity index (χ0n) is 14.1. The van der Waals surface area contributed by atoms with Crippen molar-refractivity contribution in [1.82, 2.24) is 5.32 Å². The van der Waals surface area contributed by atoms with Crippen LogP contribution in [0.15, 0.2) is 54.6 Å². The molecule has 0 unspecified atom stereocenters. The molecule has 6 heteroatoms. The number of rotatable bonds is 9. The first-order valence-electron chi connectivity index (χ1n) is 8.03. The smallest absolute Gasteiger partial charge is 0.325 e. The molecule has 1 N–H and O–H groups in total. The highest BCUT2D eigenvalue weighted by Crippen LogP contribution is 2.14. The number of benzene rings is 2. The summed E-state index contributed by atoms with van der Waals surface area (Å²) >= 11 is 0. The van der Waals surface area contributed by atoms with Gasteiger partial charge in [-0.05, 0) is 37.3 Å². The van der Waals surface area contributed by atoms with Crippen LogP contribution in [-0.2, 0) is 9.53 Å². The van der Waals surface area contributed by atoms with E-state index in [9.17, 15) is 9.59 Å². The Labute approximate surface area is 146 Å². The van der Waals surface area contributed by atoms with Crippen molar-refractivity contribution in [3.8, 4) is 11.5 Å². The Kier molecular flexibility index (Phi) is 7.31. The molecule has 0 aliphatic heterocycles. The van der Waals surface area contributed by atoms with Gasteiger partial charge in [0.25, 0.3) is 5.91 Å². The standard InChI is InChI=1S/C19H21NO5/c1-2-23-18(21)14-20-19(22)15-7-6-10-17(13-15)25-12-11-24-16-8-4-3-5-9-16/h3-10,13H,2,11-12,14H2,1H3,(H,20,22). The maximum Gasteiger partial charge on any atom is 0.325 e. The van der Waals surface area contributed by atoms with E-state index in [1.807, 2.05) is 30.3 Å². The van der Waals surface area contributed by atoms with Crippen molar-refractivity contribution < 1.29 is 23.8 Å². The van der Waals surface area contributed by atoms with E-state index in [-0.39, 0.29) is 19.1 Å². The predicted molar refractivity (Wildman–Crippen MR) is 92.8 cm³/mol. The number of carbonyl (C=O) groups excluding carboxylic acids is 2. The van der Waals surface area contributed by atoms with Gasteiger partial charge in [-0.2, -0.15) is 0 Å². The molecule has 1 amide bonds. The van der Waals surface area contributed by atoms with E-state index in [2.05, 4.69) is 5.32 Å². The number of esters is 1. The molecule has 0 aliphatic carbocycles. The minimum Gasteiger partial charge on any atom is -0.490 e. The third kappa shape index (κ3) is 6.55. The van der Waals surface area contributed by atoms with Crippen LogP contribution >= 0.6 is 0 Å². The Morgan fingerprint density at radius 2 is 1.60 bits per heavy atom. The van der Waals surface area contributed by atoms with Crippen LogP contribution in [0.2, 0.25) is 0 Å². The quantitative estimate of drug-likeness (QED) is 0.559. The van der Waals surface area contributed by atoms with E-state index in [1.165, 1.54) is 0 Å². The van der Waals surface area contributed by atoms with Gasteiger partial charge in [0.05, 0.1) is 6.61 Å². The molecule has 2 rings (SSSR count). The van der Waals surface area contributed by atoms with Crippen molar-refractivity contribution in [1.29, 1.82) is 0 Å². The Morgan fingerprint density at radius 3 is 2.32 bits per heavy atom. The summed E-state index contributed by atoms with van der Waals surface area (Å²) in [5.74, 6) is 0.499. The number of amides is 1. The minimum absolute atomic E-state index is 0.164. The molecule has 2 aromatic rings. The molecular weight excluding hydrogens is 322 g/mol. The van der Waals surface area contributed by atoms with Crippen molar-refractivity contribution in [3.63, 3.8) is 0 Å². The number of hydrogen-bond acceptors (Lipinski definition) is 5. The lowest BCUT2D eigenvalue weighted by molar-refractivity contribution is -0.141. The van der Waals surface area contributed by atoms with E-state index in [1.54, 1.807) is 31.2 Å². The summed E-state index contributed by atoms with van der Waals surface area (Å²) in [7, 11) is 0. The molecule has 0 fully saturated rings. The van der Waals surface area contributed by atoms with Crippen LogP contribution in [0.4, 0.5) is 0 Å². The molecule has 0 atom stereocenters. The van der Waals surface area contributed by atoms with Crippen LogP contribution in [0.5, 0.6) is 11.5 Å². The summed E-state index contributed by atoms with van der Waals surface area (Å²) in [5.41, 5.74) is 0.408. The maximum absolute atomic E-state index is 12.0. The van der Waals surface area contributed by atoms with Crippen LogP contribution in [0.25, 0.3) is 0 Å². The minimum atomic E-state index is -0.471. The fraction of sp³-hybridized carbons (Fsp3) is 0.263. The monoisotopic (exact) mass is 343 g/mol. The summed E-state index contributed by atoms with van der Waals surface area (Å²) in [4.78, 5) is 23.3. The molecule has 0 radical (unpaired) electrons. The van der Waals surface area contributed by atoms with Gasteiger partial charge in [-0.1, -0.05) is 24.3 Å². The zero-order chi connectivity index (χ0) is 17.9. The molecule has 0 bridgehead atoms. The molecular formula is C19H21NO5. The lowest BCUT2D eigenvalue weighted by Crippen LogP contribution is -2.30. The fourth-order valence-electron chi connectivity index (χ4n) is 2.03. The Bertz CT molecular complexity index is 687. The summed E-state index contributed by atoms with van der Waals surface area (Å²) < 4.78 is 15.9. The molecule has 25 heavy (non-hydrogen) atoms. The van der Waals surface area contributed by atoms with Crippen molar-refractivity contribution >= 4 is 11.9 Å². The molecule has 0 saturated carbocycles. The molecule has 0 heterocycles. The molecule has 0 aromatic heterocycles. The first kappa shape index (κ1) is 18.3. The summed E-state index contributed by atoms with van der Waals surface area (Å²) in [6, 6.07) is 16.2. The highest BCUT2D eigenvalue weighted by molar-refractivity contribution is 5.96. The second kappa shape index (κ2) is 9.97. The second-order valence-corrected chi connectivity index (χ2v) is 5.03. The number of para-hydroxylation sites is 1. The lowest BCUT2D eigenvalue weighted by atomic mass is 10.2. The molecule has 0 aliphatic rings. The van der Waals surface area contributed by atoms with Gasteiger partial charge < -0.3 is 19.5 Å². The van der Waals surface area contributed by atoms with Gasteiger partial charge >= 0.3 is 5.97 Å². The van der Waals surface area contributed by atoms with Crippen LogP contribution in [-0.4, -0.2) is 38.2 Å². The zero-order valence-corrected chi connectivity index (χ0v) is 14.1. The van der Waals surface area contributed by atoms with Crippen LogP contribution in [0, 0.1) is 0 Å². The van der Waals surface area contributed by atoms with E-state index in [0.29, 0.717) is 24.5 Å². The number of nitrogens with one attached hydrogen (secondary N) is 1. The van der Waals surface area contributed by atoms with Gasteiger partial charge in [-0.15, -0.1) is 0 Å². The second-order valence-electron chi connectivity index (χ2n) is 5.03. The van der Waals surface area contributed by atoms with Crippen LogP contribution in [0.1, 0.15) is 17.3 Å². The topological polar surface area (TPSA) is 73.9 Å². The van der Waals surface area contributed by atoms with E-state index in [4.69, 9.17) is 14.2 Å². The van der Waals surface area contributed by atoms with Gasteiger partial charge in [-0.25, -0.2) is 0 Å². The Morgan fingerprint density at radius 1 is 0.920 bits per heavy atom. The first-order chi connectivity index (χ1) is 12.2. The predicted octanol–water partition coefficient (Wildman–Crippen LogP) is 2.44. The van der Waals surface area contributed by atoms with Crippen molar-refractivity contribution in [3.05, 3.63) is 60.2 Å². The molecule has 0 spiro atoms. The highest BCUT2D eigenvalue weighted by atomic mass is 16.5. The third-order valence-corrected chi connectivity index (χ3v) is 3.16. The van der Waals surface area contributed by atoms with Gasteiger partial charge in [0.15, 0.2) is 0 Å². The highest BCUT2D eigenvalue weighted by Gasteiger charge is 2.09. The van der Waals surface area contributed by atoms with Crippen molar-refractivity contribution in [2.75, 3.05) is 26.4 Å². The largest absolute Gasteiger partial charge is 0.490 e. The van der Waals surface area contributed by atoms with Crippen LogP contribution < -0.4 is 14.8 Å². The number of hydrogen-bond donors (Lipinski definition) is 1. The Hall–Kier alpha value is -3.02. The first-order valence-corrected chi connectivity index (χ1v) is 8.03. The van der Waals surface area contributed by atoms with Crippen molar-refractivity contribution in [2.45, 2.75) is 6.92 Å². The SMILES string of the molecule is CCOC(=O)CNC(=O)c1cccc(OCCOc2ccccc2)c1. The Balaban J connectivity index is 1.78. The maximum atomic E-state index is 12.0. The average Bonchev–Trinajstić information content (AvgIpc) is 2.65. The van der Waals surface area contributed by atoms with E-state index < -0.39 is 5.97 Å². The summed E-state index contributed by atoms with van der Waals surface area (Å²) in [6.45, 7) is 2.57. The third-order valence-electron chi connectivity index (χ3n) is 3.16. The molecule has 0 saturated heterocycles. The number of ether oxygens (including phenoxy) is 3. The summed E-state index contributed by atoms with van der Waals surface area (Å²) in [6.07, 6.45) is 0. The lowest BCUT2D eigenvalue weighted by Gasteiger charge is -2.10. The average molecular weight is 343 g/mol. The normalized spacial score (nSPS) is 9.96. The van der Waals surface area contributed by atoms with E-state index >= 15 is 0 Å². The van der Waals surface area contributed by atoms with Gasteiger partial charge in [0, 0.05) is 5.56 Å². The molecule has 2 aromatic carbocycles. The van der Waals surface area contributed by atoms with Gasteiger partial charge in [-0.3, -0.25) is 9.59 Å². The summed E-state index contributed by atoms with van der Waals surface area (Å²) in [5, 5.41) is 2.51.